The van der Waals surface area contributed by atoms with Crippen molar-refractivity contribution in [3.63, 3.8) is 0 Å². The van der Waals surface area contributed by atoms with Crippen molar-refractivity contribution in [3.8, 4) is 0 Å². The van der Waals surface area contributed by atoms with E-state index in [-0.39, 0.29) is 18.3 Å². The SMILES string of the molecule is NC(=O)c1cc2c(cn1)COC2CN=O. The number of ether oxygens (including phenoxy) is 1. The lowest BCUT2D eigenvalue weighted by Crippen LogP contribution is -2.14. The maximum absolute atomic E-state index is 10.9. The molecule has 0 fully saturated rings. The topological polar surface area (TPSA) is 94.6 Å². The van der Waals surface area contributed by atoms with E-state index < -0.39 is 5.91 Å². The highest BCUT2D eigenvalue weighted by molar-refractivity contribution is 5.90. The van der Waals surface area contributed by atoms with Crippen molar-refractivity contribution in [1.29, 1.82) is 0 Å². The van der Waals surface area contributed by atoms with Gasteiger partial charge in [0.05, 0.1) is 6.61 Å². The minimum absolute atomic E-state index is 0.0369. The molecule has 1 aliphatic rings. The third-order valence-corrected chi connectivity index (χ3v) is 2.30. The van der Waals surface area contributed by atoms with E-state index in [4.69, 9.17) is 10.5 Å². The van der Waals surface area contributed by atoms with Crippen molar-refractivity contribution in [2.75, 3.05) is 6.54 Å². The van der Waals surface area contributed by atoms with Crippen LogP contribution in [-0.2, 0) is 11.3 Å². The lowest BCUT2D eigenvalue weighted by molar-refractivity contribution is 0.0724. The van der Waals surface area contributed by atoms with Gasteiger partial charge < -0.3 is 10.5 Å². The third-order valence-electron chi connectivity index (χ3n) is 2.30. The number of rotatable bonds is 3. The molecular weight excluding hydrogens is 198 g/mol. The summed E-state index contributed by atoms with van der Waals surface area (Å²) in [6, 6.07) is 1.56. The lowest BCUT2D eigenvalue weighted by atomic mass is 10.1. The van der Waals surface area contributed by atoms with Gasteiger partial charge in [-0.3, -0.25) is 9.78 Å². The molecule has 1 atom stereocenters. The van der Waals surface area contributed by atoms with Crippen molar-refractivity contribution < 1.29 is 9.53 Å². The number of hydrogen-bond acceptors (Lipinski definition) is 5. The van der Waals surface area contributed by atoms with Crippen LogP contribution in [0.3, 0.4) is 0 Å². The number of nitroso groups, excluding NO2 is 1. The molecule has 1 aromatic rings. The van der Waals surface area contributed by atoms with E-state index in [9.17, 15) is 9.70 Å². The van der Waals surface area contributed by atoms with Crippen LogP contribution >= 0.6 is 0 Å². The Balaban J connectivity index is 2.37. The summed E-state index contributed by atoms with van der Waals surface area (Å²) in [4.78, 5) is 24.9. The van der Waals surface area contributed by atoms with Gasteiger partial charge in [-0.1, -0.05) is 5.18 Å². The Kier molecular flexibility index (Phi) is 2.42. The van der Waals surface area contributed by atoms with E-state index in [0.717, 1.165) is 11.1 Å². The molecule has 78 valence electrons. The van der Waals surface area contributed by atoms with E-state index in [1.807, 2.05) is 0 Å². The maximum atomic E-state index is 10.9. The Morgan fingerprint density at radius 2 is 2.53 bits per heavy atom. The van der Waals surface area contributed by atoms with Crippen LogP contribution in [0.4, 0.5) is 0 Å². The van der Waals surface area contributed by atoms with E-state index >= 15 is 0 Å². The van der Waals surface area contributed by atoms with Crippen molar-refractivity contribution in [2.45, 2.75) is 12.7 Å². The summed E-state index contributed by atoms with van der Waals surface area (Å²) in [5, 5.41) is 2.78. The number of hydrogen-bond donors (Lipinski definition) is 1. The van der Waals surface area contributed by atoms with Crippen LogP contribution < -0.4 is 5.73 Å². The van der Waals surface area contributed by atoms with E-state index in [0.29, 0.717) is 6.61 Å². The molecule has 0 spiro atoms. The molecule has 0 saturated heterocycles. The van der Waals surface area contributed by atoms with E-state index in [2.05, 4.69) is 10.2 Å². The van der Waals surface area contributed by atoms with E-state index in [1.165, 1.54) is 0 Å². The zero-order valence-corrected chi connectivity index (χ0v) is 7.84. The predicted octanol–water partition coefficient (Wildman–Crippen LogP) is 0.518. The van der Waals surface area contributed by atoms with Crippen molar-refractivity contribution in [3.05, 3.63) is 34.0 Å². The highest BCUT2D eigenvalue weighted by atomic mass is 16.5. The number of nitrogens with zero attached hydrogens (tertiary/aromatic N) is 2. The second-order valence-corrected chi connectivity index (χ2v) is 3.24. The number of primary amides is 1. The normalized spacial score (nSPS) is 18.5. The van der Waals surface area contributed by atoms with Gasteiger partial charge in [0.15, 0.2) is 0 Å². The first kappa shape index (κ1) is 9.72. The van der Waals surface area contributed by atoms with Crippen molar-refractivity contribution >= 4 is 5.91 Å². The number of nitrogens with two attached hydrogens (primary N) is 1. The van der Waals surface area contributed by atoms with Gasteiger partial charge in [-0.15, -0.1) is 0 Å². The fourth-order valence-corrected chi connectivity index (χ4v) is 1.55. The molecule has 0 bridgehead atoms. The molecule has 2 N–H and O–H groups in total. The molecule has 0 aromatic carbocycles. The first-order valence-corrected chi connectivity index (χ1v) is 4.41. The number of carbonyl (C=O) groups is 1. The fourth-order valence-electron chi connectivity index (χ4n) is 1.55. The fraction of sp³-hybridized carbons (Fsp3) is 0.333. The Hall–Kier alpha value is -1.82. The highest BCUT2D eigenvalue weighted by Crippen LogP contribution is 2.30. The van der Waals surface area contributed by atoms with Gasteiger partial charge in [0, 0.05) is 11.8 Å². The van der Waals surface area contributed by atoms with Gasteiger partial charge in [0.25, 0.3) is 5.91 Å². The van der Waals surface area contributed by atoms with Crippen LogP contribution in [0.2, 0.25) is 0 Å². The smallest absolute Gasteiger partial charge is 0.267 e. The largest absolute Gasteiger partial charge is 0.367 e. The first-order chi connectivity index (χ1) is 7.22. The molecule has 1 aromatic heterocycles. The molecule has 6 nitrogen and oxygen atoms in total. The summed E-state index contributed by atoms with van der Waals surface area (Å²) in [6.07, 6.45) is 1.17. The van der Waals surface area contributed by atoms with Gasteiger partial charge >= 0.3 is 0 Å². The average molecular weight is 207 g/mol. The molecule has 0 aliphatic carbocycles. The standard InChI is InChI=1S/C9H9N3O3/c10-9(13)7-1-6-5(2-11-7)4-15-8(6)3-12-14/h1-2,8H,3-4H2,(H2,10,13). The zero-order chi connectivity index (χ0) is 10.8. The zero-order valence-electron chi connectivity index (χ0n) is 7.84. The molecule has 0 radical (unpaired) electrons. The summed E-state index contributed by atoms with van der Waals surface area (Å²) in [5.41, 5.74) is 6.92. The molecule has 6 heteroatoms. The number of amides is 1. The number of pyridine rings is 1. The van der Waals surface area contributed by atoms with Gasteiger partial charge in [0.2, 0.25) is 0 Å². The third kappa shape index (κ3) is 1.71. The molecule has 0 saturated carbocycles. The quantitative estimate of drug-likeness (QED) is 0.731. The Bertz CT molecular complexity index is 419. The maximum Gasteiger partial charge on any atom is 0.267 e. The van der Waals surface area contributed by atoms with Gasteiger partial charge in [-0.2, -0.15) is 4.91 Å². The van der Waals surface area contributed by atoms with Gasteiger partial charge in [-0.25, -0.2) is 0 Å². The predicted molar refractivity (Wildman–Crippen MR) is 50.9 cm³/mol. The summed E-state index contributed by atoms with van der Waals surface area (Å²) in [5.74, 6) is -0.595. The van der Waals surface area contributed by atoms with Crippen LogP contribution in [-0.4, -0.2) is 17.4 Å². The average Bonchev–Trinajstić information content (AvgIpc) is 2.61. The monoisotopic (exact) mass is 207 g/mol. The summed E-state index contributed by atoms with van der Waals surface area (Å²) < 4.78 is 5.31. The molecule has 1 aliphatic heterocycles. The summed E-state index contributed by atoms with van der Waals surface area (Å²) in [6.45, 7) is 0.427. The Morgan fingerprint density at radius 3 is 3.20 bits per heavy atom. The summed E-state index contributed by atoms with van der Waals surface area (Å²) in [7, 11) is 0. The number of fused-ring (bicyclic) bond motifs is 1. The second-order valence-electron chi connectivity index (χ2n) is 3.24. The molecule has 1 unspecified atom stereocenters. The summed E-state index contributed by atoms with van der Waals surface area (Å²) >= 11 is 0. The number of carbonyl (C=O) groups excluding carboxylic acids is 1. The minimum Gasteiger partial charge on any atom is -0.367 e. The molecule has 1 amide bonds. The van der Waals surface area contributed by atoms with Crippen molar-refractivity contribution in [1.82, 2.24) is 4.98 Å². The van der Waals surface area contributed by atoms with Crippen LogP contribution in [0.15, 0.2) is 17.4 Å². The highest BCUT2D eigenvalue weighted by Gasteiger charge is 2.24. The van der Waals surface area contributed by atoms with E-state index in [1.54, 1.807) is 12.3 Å². The van der Waals surface area contributed by atoms with Crippen LogP contribution in [0, 0.1) is 4.91 Å². The lowest BCUT2D eigenvalue weighted by Gasteiger charge is -2.05. The molecular formula is C9H9N3O3. The second kappa shape index (κ2) is 3.74. The minimum atomic E-state index is -0.595. The Labute approximate surface area is 85.4 Å². The van der Waals surface area contributed by atoms with Gasteiger partial charge in [-0.05, 0) is 11.6 Å². The Morgan fingerprint density at radius 1 is 1.73 bits per heavy atom. The van der Waals surface area contributed by atoms with Crippen molar-refractivity contribution in [2.24, 2.45) is 10.9 Å². The first-order valence-electron chi connectivity index (χ1n) is 4.41. The van der Waals surface area contributed by atoms with Crippen LogP contribution in [0.1, 0.15) is 27.7 Å². The van der Waals surface area contributed by atoms with Crippen LogP contribution in [0.5, 0.6) is 0 Å². The van der Waals surface area contributed by atoms with Gasteiger partial charge in [0.1, 0.15) is 18.3 Å². The van der Waals surface area contributed by atoms with Crippen LogP contribution in [0.25, 0.3) is 0 Å². The molecule has 15 heavy (non-hydrogen) atoms. The molecule has 2 rings (SSSR count). The molecule has 2 heterocycles. The number of aromatic nitrogens is 1.